The van der Waals surface area contributed by atoms with Gasteiger partial charge in [-0.1, -0.05) is 41.4 Å². The molecule has 3 rings (SSSR count). The van der Waals surface area contributed by atoms with Crippen LogP contribution in [-0.2, 0) is 27.6 Å². The third-order valence-electron chi connectivity index (χ3n) is 4.97. The van der Waals surface area contributed by atoms with Crippen molar-refractivity contribution >= 4 is 39.2 Å². The molecule has 0 fully saturated rings. The maximum absolute atomic E-state index is 13.0. The first-order chi connectivity index (χ1) is 16.9. The van der Waals surface area contributed by atoms with Crippen LogP contribution >= 0.6 is 23.2 Å². The standard InChI is InChI=1S/C24H20Cl2F3NO5S/c1-34-12-11-30(23(31)17-7-10-21(25)22(26)13-17)15-16-5-8-19(9-6-16)35-36(32,33)20-4-2-3-18(14-20)24(27,28)29/h2-10,13-14H,11-12,15H2,1H3. The minimum absolute atomic E-state index is 0.101. The first-order valence-corrected chi connectivity index (χ1v) is 12.5. The molecular weight excluding hydrogens is 542 g/mol. The average Bonchev–Trinajstić information content (AvgIpc) is 2.83. The van der Waals surface area contributed by atoms with Crippen molar-refractivity contribution in [2.45, 2.75) is 17.6 Å². The number of carbonyl (C=O) groups is 1. The first kappa shape index (κ1) is 27.8. The van der Waals surface area contributed by atoms with Gasteiger partial charge in [0.1, 0.15) is 10.6 Å². The Hall–Kier alpha value is -2.79. The van der Waals surface area contributed by atoms with E-state index in [4.69, 9.17) is 32.1 Å². The van der Waals surface area contributed by atoms with Crippen LogP contribution < -0.4 is 4.18 Å². The Labute approximate surface area is 216 Å². The highest BCUT2D eigenvalue weighted by atomic mass is 35.5. The van der Waals surface area contributed by atoms with E-state index in [1.165, 1.54) is 36.3 Å². The molecule has 0 saturated carbocycles. The molecule has 0 heterocycles. The number of rotatable bonds is 9. The van der Waals surface area contributed by atoms with Crippen molar-refractivity contribution in [3.63, 3.8) is 0 Å². The lowest BCUT2D eigenvalue weighted by atomic mass is 10.1. The van der Waals surface area contributed by atoms with E-state index in [9.17, 15) is 26.4 Å². The number of hydrogen-bond acceptors (Lipinski definition) is 5. The second-order valence-corrected chi connectivity index (χ2v) is 9.92. The molecule has 3 aromatic carbocycles. The molecule has 0 aromatic heterocycles. The number of methoxy groups -OCH3 is 1. The van der Waals surface area contributed by atoms with Crippen LogP contribution in [0.25, 0.3) is 0 Å². The minimum Gasteiger partial charge on any atom is -0.383 e. The van der Waals surface area contributed by atoms with Gasteiger partial charge in [0, 0.05) is 25.8 Å². The van der Waals surface area contributed by atoms with E-state index in [0.717, 1.165) is 18.2 Å². The summed E-state index contributed by atoms with van der Waals surface area (Å²) in [5.41, 5.74) is -0.138. The van der Waals surface area contributed by atoms with Gasteiger partial charge in [0.25, 0.3) is 5.91 Å². The molecule has 0 saturated heterocycles. The van der Waals surface area contributed by atoms with Crippen LogP contribution in [0.15, 0.2) is 71.6 Å². The minimum atomic E-state index is -4.70. The number of alkyl halides is 3. The van der Waals surface area contributed by atoms with Crippen molar-refractivity contribution in [3.8, 4) is 5.75 Å². The second kappa shape index (κ2) is 11.5. The Morgan fingerprint density at radius 1 is 0.972 bits per heavy atom. The molecule has 36 heavy (non-hydrogen) atoms. The van der Waals surface area contributed by atoms with Gasteiger partial charge in [0.15, 0.2) is 0 Å². The van der Waals surface area contributed by atoms with Crippen LogP contribution in [-0.4, -0.2) is 39.5 Å². The fraction of sp³-hybridized carbons (Fsp3) is 0.208. The van der Waals surface area contributed by atoms with Gasteiger partial charge in [-0.2, -0.15) is 21.6 Å². The maximum Gasteiger partial charge on any atom is 0.416 e. The predicted molar refractivity (Wildman–Crippen MR) is 129 cm³/mol. The Morgan fingerprint density at radius 2 is 1.67 bits per heavy atom. The second-order valence-electron chi connectivity index (χ2n) is 7.56. The normalized spacial score (nSPS) is 11.8. The zero-order valence-corrected chi connectivity index (χ0v) is 21.1. The fourth-order valence-electron chi connectivity index (χ4n) is 3.14. The lowest BCUT2D eigenvalue weighted by Gasteiger charge is -2.23. The highest BCUT2D eigenvalue weighted by Crippen LogP contribution is 2.31. The number of hydrogen-bond donors (Lipinski definition) is 0. The molecule has 0 unspecified atom stereocenters. The van der Waals surface area contributed by atoms with Crippen LogP contribution in [0, 0.1) is 0 Å². The molecule has 0 aliphatic heterocycles. The van der Waals surface area contributed by atoms with E-state index in [2.05, 4.69) is 0 Å². The van der Waals surface area contributed by atoms with Gasteiger partial charge < -0.3 is 13.8 Å². The number of nitrogens with zero attached hydrogens (tertiary/aromatic N) is 1. The molecule has 1 amide bonds. The molecule has 0 aliphatic carbocycles. The van der Waals surface area contributed by atoms with E-state index in [-0.39, 0.29) is 36.4 Å². The summed E-state index contributed by atoms with van der Waals surface area (Å²) in [6.45, 7) is 0.685. The highest BCUT2D eigenvalue weighted by Gasteiger charge is 2.32. The molecule has 12 heteroatoms. The van der Waals surface area contributed by atoms with Crippen molar-refractivity contribution in [3.05, 3.63) is 93.5 Å². The summed E-state index contributed by atoms with van der Waals surface area (Å²) in [7, 11) is -3.01. The SMILES string of the molecule is COCCN(Cc1ccc(OS(=O)(=O)c2cccc(C(F)(F)F)c2)cc1)C(=O)c1ccc(Cl)c(Cl)c1. The van der Waals surface area contributed by atoms with Gasteiger partial charge in [-0.05, 0) is 54.1 Å². The molecule has 3 aromatic rings. The molecule has 0 bridgehead atoms. The average molecular weight is 562 g/mol. The number of benzene rings is 3. The van der Waals surface area contributed by atoms with Crippen molar-refractivity contribution in [2.75, 3.05) is 20.3 Å². The van der Waals surface area contributed by atoms with Crippen molar-refractivity contribution < 1.29 is 35.3 Å². The fourth-order valence-corrected chi connectivity index (χ4v) is 4.41. The molecule has 0 spiro atoms. The number of carbonyl (C=O) groups excluding carboxylic acids is 1. The van der Waals surface area contributed by atoms with E-state index in [1.807, 2.05) is 0 Å². The molecular formula is C24H20Cl2F3NO5S. The van der Waals surface area contributed by atoms with Crippen molar-refractivity contribution in [2.24, 2.45) is 0 Å². The quantitative estimate of drug-likeness (QED) is 0.296. The van der Waals surface area contributed by atoms with Gasteiger partial charge in [0.2, 0.25) is 0 Å². The van der Waals surface area contributed by atoms with Crippen molar-refractivity contribution in [1.29, 1.82) is 0 Å². The summed E-state index contributed by atoms with van der Waals surface area (Å²) in [6.07, 6.45) is -4.70. The van der Waals surface area contributed by atoms with Crippen LogP contribution in [0.3, 0.4) is 0 Å². The Kier molecular flexibility index (Phi) is 8.89. The molecule has 0 aliphatic rings. The Balaban J connectivity index is 1.76. The zero-order valence-electron chi connectivity index (χ0n) is 18.8. The highest BCUT2D eigenvalue weighted by molar-refractivity contribution is 7.87. The predicted octanol–water partition coefficient (Wildman–Crippen LogP) is 6.07. The number of halogens is 5. The van der Waals surface area contributed by atoms with Crippen LogP contribution in [0.2, 0.25) is 10.0 Å². The largest absolute Gasteiger partial charge is 0.416 e. The summed E-state index contributed by atoms with van der Waals surface area (Å²) in [6, 6.07) is 13.6. The monoisotopic (exact) mass is 561 g/mol. The van der Waals surface area contributed by atoms with Gasteiger partial charge in [0.05, 0.1) is 22.2 Å². The number of ether oxygens (including phenoxy) is 1. The molecule has 0 radical (unpaired) electrons. The van der Waals surface area contributed by atoms with Gasteiger partial charge >= 0.3 is 16.3 Å². The van der Waals surface area contributed by atoms with E-state index in [1.54, 1.807) is 18.2 Å². The topological polar surface area (TPSA) is 72.9 Å². The van der Waals surface area contributed by atoms with Gasteiger partial charge in [-0.3, -0.25) is 4.79 Å². The maximum atomic E-state index is 13.0. The van der Waals surface area contributed by atoms with E-state index >= 15 is 0 Å². The van der Waals surface area contributed by atoms with Gasteiger partial charge in [-0.15, -0.1) is 0 Å². The smallest absolute Gasteiger partial charge is 0.383 e. The molecule has 6 nitrogen and oxygen atoms in total. The molecule has 192 valence electrons. The van der Waals surface area contributed by atoms with Crippen molar-refractivity contribution in [1.82, 2.24) is 4.90 Å². The third-order valence-corrected chi connectivity index (χ3v) is 6.95. The summed E-state index contributed by atoms with van der Waals surface area (Å²) >= 11 is 12.0. The Bertz CT molecular complexity index is 1330. The lowest BCUT2D eigenvalue weighted by Crippen LogP contribution is -2.33. The van der Waals surface area contributed by atoms with Crippen LogP contribution in [0.5, 0.6) is 5.75 Å². The van der Waals surface area contributed by atoms with Gasteiger partial charge in [-0.25, -0.2) is 0 Å². The summed E-state index contributed by atoms with van der Waals surface area (Å²) in [4.78, 5) is 13.9. The lowest BCUT2D eigenvalue weighted by molar-refractivity contribution is -0.137. The molecule has 0 N–H and O–H groups in total. The third kappa shape index (κ3) is 7.13. The molecule has 0 atom stereocenters. The van der Waals surface area contributed by atoms with Crippen LogP contribution in [0.1, 0.15) is 21.5 Å². The zero-order chi connectivity index (χ0) is 26.5. The number of amides is 1. The summed E-state index contributed by atoms with van der Waals surface area (Å²) in [5, 5.41) is 0.546. The summed E-state index contributed by atoms with van der Waals surface area (Å²) in [5.74, 6) is -0.423. The Morgan fingerprint density at radius 3 is 2.28 bits per heavy atom. The van der Waals surface area contributed by atoms with E-state index < -0.39 is 26.8 Å². The first-order valence-electron chi connectivity index (χ1n) is 10.3. The van der Waals surface area contributed by atoms with E-state index in [0.29, 0.717) is 22.2 Å². The van der Waals surface area contributed by atoms with Crippen LogP contribution in [0.4, 0.5) is 13.2 Å². The summed E-state index contributed by atoms with van der Waals surface area (Å²) < 4.78 is 73.8.